The largest absolute Gasteiger partial charge is 0.380 e. The van der Waals surface area contributed by atoms with Crippen LogP contribution in [0, 0.1) is 0 Å². The summed E-state index contributed by atoms with van der Waals surface area (Å²) in [6, 6.07) is 6.22. The van der Waals surface area contributed by atoms with Crippen molar-refractivity contribution in [1.29, 1.82) is 0 Å². The molecule has 1 aromatic rings. The zero-order chi connectivity index (χ0) is 13.0. The number of anilines is 1. The lowest BCUT2D eigenvalue weighted by Gasteiger charge is -2.26. The van der Waals surface area contributed by atoms with E-state index in [4.69, 9.17) is 10.5 Å². The maximum atomic E-state index is 5.99. The number of nitrogens with zero attached hydrogens (tertiary/aromatic N) is 1. The zero-order valence-electron chi connectivity index (χ0n) is 10.9. The average Bonchev–Trinajstić information content (AvgIpc) is 2.28. The number of hydrogen-bond donors (Lipinski definition) is 1. The van der Waals surface area contributed by atoms with Crippen molar-refractivity contribution in [3.8, 4) is 0 Å². The van der Waals surface area contributed by atoms with Crippen LogP contribution in [0.15, 0.2) is 22.7 Å². The molecule has 2 N–H and O–H groups in total. The third-order valence-electron chi connectivity index (χ3n) is 2.83. The van der Waals surface area contributed by atoms with Gasteiger partial charge in [0, 0.05) is 36.9 Å². The van der Waals surface area contributed by atoms with Gasteiger partial charge in [0.05, 0.1) is 6.10 Å². The molecule has 0 aliphatic heterocycles. The molecule has 3 nitrogen and oxygen atoms in total. The number of hydrogen-bond acceptors (Lipinski definition) is 3. The number of likely N-dealkylation sites (N-methyl/N-ethyl adjacent to an activating group) is 1. The van der Waals surface area contributed by atoms with Gasteiger partial charge in [-0.25, -0.2) is 0 Å². The first-order chi connectivity index (χ1) is 7.95. The monoisotopic (exact) mass is 300 g/mol. The van der Waals surface area contributed by atoms with E-state index in [1.807, 2.05) is 13.0 Å². The van der Waals surface area contributed by atoms with E-state index in [1.54, 1.807) is 7.11 Å². The van der Waals surface area contributed by atoms with Gasteiger partial charge in [-0.1, -0.05) is 22.0 Å². The van der Waals surface area contributed by atoms with Crippen LogP contribution in [0.4, 0.5) is 5.69 Å². The fourth-order valence-corrected chi connectivity index (χ4v) is 2.14. The Morgan fingerprint density at radius 2 is 2.06 bits per heavy atom. The molecule has 2 atom stereocenters. The summed E-state index contributed by atoms with van der Waals surface area (Å²) in [4.78, 5) is 2.18. The molecule has 17 heavy (non-hydrogen) atoms. The van der Waals surface area contributed by atoms with Crippen molar-refractivity contribution in [3.63, 3.8) is 0 Å². The van der Waals surface area contributed by atoms with Crippen LogP contribution < -0.4 is 10.6 Å². The van der Waals surface area contributed by atoms with E-state index in [9.17, 15) is 0 Å². The SMILES string of the molecule is COC(C)CN(C)c1cc(Br)ccc1C(C)N. The Hall–Kier alpha value is -0.580. The molecule has 2 unspecified atom stereocenters. The van der Waals surface area contributed by atoms with Gasteiger partial charge in [-0.15, -0.1) is 0 Å². The summed E-state index contributed by atoms with van der Waals surface area (Å²) in [7, 11) is 3.79. The minimum atomic E-state index is 0.0263. The van der Waals surface area contributed by atoms with Crippen molar-refractivity contribution in [2.45, 2.75) is 26.0 Å². The quantitative estimate of drug-likeness (QED) is 0.909. The molecule has 4 heteroatoms. The first-order valence-corrected chi connectivity index (χ1v) is 6.54. The molecule has 0 saturated heterocycles. The third kappa shape index (κ3) is 3.98. The second-order valence-electron chi connectivity index (χ2n) is 4.42. The van der Waals surface area contributed by atoms with Gasteiger partial charge in [-0.2, -0.15) is 0 Å². The summed E-state index contributed by atoms with van der Waals surface area (Å²) in [5, 5.41) is 0. The predicted octanol–water partition coefficient (Wildman–Crippen LogP) is 2.94. The Morgan fingerprint density at radius 1 is 1.41 bits per heavy atom. The van der Waals surface area contributed by atoms with Gasteiger partial charge >= 0.3 is 0 Å². The summed E-state index contributed by atoms with van der Waals surface area (Å²) < 4.78 is 6.35. The molecule has 0 radical (unpaired) electrons. The number of ether oxygens (including phenoxy) is 1. The molecular formula is C13H21BrN2O. The molecule has 0 saturated carbocycles. The smallest absolute Gasteiger partial charge is 0.0717 e. The summed E-state index contributed by atoms with van der Waals surface area (Å²) in [5.74, 6) is 0. The first kappa shape index (κ1) is 14.5. The Labute approximate surface area is 112 Å². The highest BCUT2D eigenvalue weighted by molar-refractivity contribution is 9.10. The Bertz CT molecular complexity index is 368. The van der Waals surface area contributed by atoms with Gasteiger partial charge < -0.3 is 15.4 Å². The molecule has 0 heterocycles. The van der Waals surface area contributed by atoms with Crippen molar-refractivity contribution < 1.29 is 4.74 Å². The number of rotatable bonds is 5. The van der Waals surface area contributed by atoms with Crippen LogP contribution in [0.2, 0.25) is 0 Å². The summed E-state index contributed by atoms with van der Waals surface area (Å²) in [6.07, 6.45) is 0.194. The average molecular weight is 301 g/mol. The van der Waals surface area contributed by atoms with Gasteiger partial charge in [0.2, 0.25) is 0 Å². The van der Waals surface area contributed by atoms with E-state index in [0.29, 0.717) is 0 Å². The highest BCUT2D eigenvalue weighted by Crippen LogP contribution is 2.28. The molecule has 0 aromatic heterocycles. The van der Waals surface area contributed by atoms with Crippen LogP contribution in [0.25, 0.3) is 0 Å². The van der Waals surface area contributed by atoms with Gasteiger partial charge in [0.1, 0.15) is 0 Å². The van der Waals surface area contributed by atoms with Crippen molar-refractivity contribution in [2.75, 3.05) is 25.6 Å². The maximum Gasteiger partial charge on any atom is 0.0717 e. The topological polar surface area (TPSA) is 38.5 Å². The van der Waals surface area contributed by atoms with E-state index in [0.717, 1.165) is 22.3 Å². The third-order valence-corrected chi connectivity index (χ3v) is 3.32. The number of methoxy groups -OCH3 is 1. The summed E-state index contributed by atoms with van der Waals surface area (Å²) >= 11 is 3.50. The molecular weight excluding hydrogens is 280 g/mol. The van der Waals surface area contributed by atoms with E-state index in [2.05, 4.69) is 46.9 Å². The number of halogens is 1. The summed E-state index contributed by atoms with van der Waals surface area (Å²) in [6.45, 7) is 4.90. The Balaban J connectivity index is 2.97. The Morgan fingerprint density at radius 3 is 2.59 bits per heavy atom. The van der Waals surface area contributed by atoms with Gasteiger partial charge in [-0.05, 0) is 31.5 Å². The molecule has 0 bridgehead atoms. The second kappa shape index (κ2) is 6.38. The van der Waals surface area contributed by atoms with Gasteiger partial charge in [0.15, 0.2) is 0 Å². The second-order valence-corrected chi connectivity index (χ2v) is 5.33. The Kier molecular flexibility index (Phi) is 5.43. The van der Waals surface area contributed by atoms with E-state index in [-0.39, 0.29) is 12.1 Å². The van der Waals surface area contributed by atoms with Gasteiger partial charge in [0.25, 0.3) is 0 Å². The first-order valence-electron chi connectivity index (χ1n) is 5.74. The lowest BCUT2D eigenvalue weighted by Crippen LogP contribution is -2.29. The number of nitrogens with two attached hydrogens (primary N) is 1. The minimum Gasteiger partial charge on any atom is -0.380 e. The zero-order valence-corrected chi connectivity index (χ0v) is 12.5. The fourth-order valence-electron chi connectivity index (χ4n) is 1.79. The van der Waals surface area contributed by atoms with Crippen molar-refractivity contribution in [1.82, 2.24) is 0 Å². The van der Waals surface area contributed by atoms with Crippen LogP contribution in [0.1, 0.15) is 25.5 Å². The molecule has 0 aliphatic carbocycles. The van der Waals surface area contributed by atoms with Crippen LogP contribution in [-0.4, -0.2) is 26.8 Å². The maximum absolute atomic E-state index is 5.99. The van der Waals surface area contributed by atoms with E-state index < -0.39 is 0 Å². The fraction of sp³-hybridized carbons (Fsp3) is 0.538. The predicted molar refractivity (Wildman–Crippen MR) is 76.5 cm³/mol. The number of benzene rings is 1. The summed E-state index contributed by atoms with van der Waals surface area (Å²) in [5.41, 5.74) is 8.30. The van der Waals surface area contributed by atoms with Crippen molar-refractivity contribution >= 4 is 21.6 Å². The molecule has 0 aliphatic rings. The molecule has 0 fully saturated rings. The highest BCUT2D eigenvalue weighted by atomic mass is 79.9. The molecule has 1 rings (SSSR count). The molecule has 96 valence electrons. The minimum absolute atomic E-state index is 0.0263. The highest BCUT2D eigenvalue weighted by Gasteiger charge is 2.13. The normalized spacial score (nSPS) is 14.5. The van der Waals surface area contributed by atoms with Crippen LogP contribution in [0.5, 0.6) is 0 Å². The van der Waals surface area contributed by atoms with Crippen LogP contribution in [-0.2, 0) is 4.74 Å². The molecule has 1 aromatic carbocycles. The van der Waals surface area contributed by atoms with E-state index in [1.165, 1.54) is 0 Å². The standard InChI is InChI=1S/C13H21BrN2O/c1-9(17-4)8-16(3)13-7-11(14)5-6-12(13)10(2)15/h5-7,9-10H,8,15H2,1-4H3. The van der Waals surface area contributed by atoms with Crippen LogP contribution >= 0.6 is 15.9 Å². The van der Waals surface area contributed by atoms with Crippen molar-refractivity contribution in [2.24, 2.45) is 5.73 Å². The lowest BCUT2D eigenvalue weighted by atomic mass is 10.1. The van der Waals surface area contributed by atoms with Crippen LogP contribution in [0.3, 0.4) is 0 Å². The van der Waals surface area contributed by atoms with Crippen molar-refractivity contribution in [3.05, 3.63) is 28.2 Å². The lowest BCUT2D eigenvalue weighted by molar-refractivity contribution is 0.124. The molecule has 0 amide bonds. The van der Waals surface area contributed by atoms with Gasteiger partial charge in [-0.3, -0.25) is 0 Å². The molecule has 0 spiro atoms. The van der Waals surface area contributed by atoms with E-state index >= 15 is 0 Å².